The van der Waals surface area contributed by atoms with E-state index in [4.69, 9.17) is 16.6 Å². The van der Waals surface area contributed by atoms with Crippen molar-refractivity contribution in [1.29, 1.82) is 0 Å². The van der Waals surface area contributed by atoms with Crippen LogP contribution in [0.1, 0.15) is 24.6 Å². The van der Waals surface area contributed by atoms with Gasteiger partial charge >= 0.3 is 0 Å². The first kappa shape index (κ1) is 15.8. The average Bonchev–Trinajstić information content (AvgIpc) is 3.01. The maximum Gasteiger partial charge on any atom is 0.135 e. The zero-order valence-electron chi connectivity index (χ0n) is 13.3. The third-order valence-corrected chi connectivity index (χ3v) is 5.37. The lowest BCUT2D eigenvalue weighted by atomic mass is 9.96. The lowest BCUT2D eigenvalue weighted by Gasteiger charge is -2.32. The van der Waals surface area contributed by atoms with Crippen LogP contribution >= 0.6 is 27.5 Å². The summed E-state index contributed by atoms with van der Waals surface area (Å²) in [7, 11) is 2.01. The average molecular weight is 407 g/mol. The summed E-state index contributed by atoms with van der Waals surface area (Å²) in [6, 6.07) is 8.09. The van der Waals surface area contributed by atoms with Gasteiger partial charge in [-0.15, -0.1) is 10.2 Å². The number of aryl methyl sites for hydroxylation is 1. The SMILES string of the molecule is Cn1cnnc1C1CCN(c2ccc3cc(Br)cc(Cl)c3n2)CC1. The predicted octanol–water partition coefficient (Wildman–Crippen LogP) is 4.16. The van der Waals surface area contributed by atoms with Crippen LogP contribution in [0.2, 0.25) is 5.02 Å². The molecule has 124 valence electrons. The summed E-state index contributed by atoms with van der Waals surface area (Å²) in [6.45, 7) is 1.92. The van der Waals surface area contributed by atoms with E-state index < -0.39 is 0 Å². The summed E-state index contributed by atoms with van der Waals surface area (Å²) in [5.74, 6) is 2.53. The number of aromatic nitrogens is 4. The van der Waals surface area contributed by atoms with Crippen LogP contribution in [0, 0.1) is 0 Å². The van der Waals surface area contributed by atoms with Crippen LogP contribution in [0.3, 0.4) is 0 Å². The highest BCUT2D eigenvalue weighted by atomic mass is 79.9. The van der Waals surface area contributed by atoms with Gasteiger partial charge in [0.1, 0.15) is 18.0 Å². The van der Waals surface area contributed by atoms with Gasteiger partial charge in [0.05, 0.1) is 10.5 Å². The minimum Gasteiger partial charge on any atom is -0.357 e. The Kier molecular flexibility index (Phi) is 4.18. The van der Waals surface area contributed by atoms with Gasteiger partial charge in [-0.25, -0.2) is 4.98 Å². The predicted molar refractivity (Wildman–Crippen MR) is 99.6 cm³/mol. The maximum atomic E-state index is 6.35. The Bertz CT molecular complexity index is 886. The van der Waals surface area contributed by atoms with Crippen molar-refractivity contribution in [1.82, 2.24) is 19.7 Å². The molecule has 1 fully saturated rings. The monoisotopic (exact) mass is 405 g/mol. The van der Waals surface area contributed by atoms with Gasteiger partial charge < -0.3 is 9.47 Å². The Hall–Kier alpha value is -1.66. The molecule has 1 aliphatic rings. The Labute approximate surface area is 153 Å². The fourth-order valence-electron chi connectivity index (χ4n) is 3.35. The number of fused-ring (bicyclic) bond motifs is 1. The molecule has 0 spiro atoms. The van der Waals surface area contributed by atoms with Gasteiger partial charge in [0, 0.05) is 35.9 Å². The van der Waals surface area contributed by atoms with Crippen molar-refractivity contribution in [3.8, 4) is 0 Å². The quantitative estimate of drug-likeness (QED) is 0.641. The third kappa shape index (κ3) is 2.89. The second-order valence-electron chi connectivity index (χ2n) is 6.19. The number of hydrogen-bond donors (Lipinski definition) is 0. The number of rotatable bonds is 2. The van der Waals surface area contributed by atoms with Crippen molar-refractivity contribution < 1.29 is 0 Å². The van der Waals surface area contributed by atoms with Gasteiger partial charge in [-0.05, 0) is 37.1 Å². The van der Waals surface area contributed by atoms with E-state index in [1.165, 1.54) is 0 Å². The van der Waals surface area contributed by atoms with Crippen LogP contribution in [0.15, 0.2) is 35.1 Å². The second kappa shape index (κ2) is 6.33. The third-order valence-electron chi connectivity index (χ3n) is 4.63. The highest BCUT2D eigenvalue weighted by molar-refractivity contribution is 9.10. The van der Waals surface area contributed by atoms with Gasteiger partial charge in [0.25, 0.3) is 0 Å². The topological polar surface area (TPSA) is 46.8 Å². The smallest absolute Gasteiger partial charge is 0.135 e. The van der Waals surface area contributed by atoms with Gasteiger partial charge in [0.2, 0.25) is 0 Å². The van der Waals surface area contributed by atoms with Gasteiger partial charge in [-0.1, -0.05) is 27.5 Å². The zero-order chi connectivity index (χ0) is 16.7. The van der Waals surface area contributed by atoms with Gasteiger partial charge in [0.15, 0.2) is 0 Å². The summed E-state index contributed by atoms with van der Waals surface area (Å²) in [6.07, 6.45) is 3.88. The molecular weight excluding hydrogens is 390 g/mol. The first-order valence-electron chi connectivity index (χ1n) is 7.96. The molecule has 3 aromatic rings. The first-order valence-corrected chi connectivity index (χ1v) is 9.13. The van der Waals surface area contributed by atoms with Gasteiger partial charge in [-0.2, -0.15) is 0 Å². The van der Waals surface area contributed by atoms with Crippen molar-refractivity contribution in [2.24, 2.45) is 7.05 Å². The van der Waals surface area contributed by atoms with Crippen LogP contribution in [-0.4, -0.2) is 32.8 Å². The second-order valence-corrected chi connectivity index (χ2v) is 7.51. The van der Waals surface area contributed by atoms with E-state index in [0.717, 1.165) is 52.9 Å². The van der Waals surface area contributed by atoms with E-state index in [-0.39, 0.29) is 0 Å². The standard InChI is InChI=1S/C17H17BrClN5/c1-23-10-20-22-17(23)11-4-6-24(7-5-11)15-3-2-12-8-13(18)9-14(19)16(12)21-15/h2-3,8-11H,4-7H2,1H3. The van der Waals surface area contributed by atoms with Crippen LogP contribution in [0.25, 0.3) is 10.9 Å². The van der Waals surface area contributed by atoms with Crippen molar-refractivity contribution >= 4 is 44.3 Å². The molecule has 4 rings (SSSR count). The molecule has 0 N–H and O–H groups in total. The number of nitrogens with zero attached hydrogens (tertiary/aromatic N) is 5. The number of benzene rings is 1. The molecule has 0 amide bonds. The molecule has 1 aliphatic heterocycles. The highest BCUT2D eigenvalue weighted by Crippen LogP contribution is 2.31. The number of anilines is 1. The molecule has 1 aromatic carbocycles. The fourth-order valence-corrected chi connectivity index (χ4v) is 4.23. The molecule has 2 aromatic heterocycles. The molecule has 1 saturated heterocycles. The summed E-state index contributed by atoms with van der Waals surface area (Å²) >= 11 is 9.83. The Morgan fingerprint density at radius 1 is 1.21 bits per heavy atom. The zero-order valence-corrected chi connectivity index (χ0v) is 15.6. The molecule has 3 heterocycles. The normalized spacial score (nSPS) is 16.0. The van der Waals surface area contributed by atoms with E-state index in [1.54, 1.807) is 6.33 Å². The van der Waals surface area contributed by atoms with E-state index in [9.17, 15) is 0 Å². The molecule has 0 aliphatic carbocycles. The van der Waals surface area contributed by atoms with E-state index in [0.29, 0.717) is 10.9 Å². The van der Waals surface area contributed by atoms with Crippen molar-refractivity contribution in [2.75, 3.05) is 18.0 Å². The molecular formula is C17H17BrClN5. The minimum absolute atomic E-state index is 0.466. The highest BCUT2D eigenvalue weighted by Gasteiger charge is 2.24. The Morgan fingerprint density at radius 3 is 2.71 bits per heavy atom. The van der Waals surface area contributed by atoms with Gasteiger partial charge in [-0.3, -0.25) is 0 Å². The summed E-state index contributed by atoms with van der Waals surface area (Å²) in [5, 5.41) is 9.97. The molecule has 0 radical (unpaired) electrons. The lowest BCUT2D eigenvalue weighted by molar-refractivity contribution is 0.472. The summed E-state index contributed by atoms with van der Waals surface area (Å²) in [4.78, 5) is 7.11. The van der Waals surface area contributed by atoms with Crippen molar-refractivity contribution in [3.63, 3.8) is 0 Å². The molecule has 7 heteroatoms. The van der Waals surface area contributed by atoms with E-state index in [2.05, 4.69) is 43.2 Å². The maximum absolute atomic E-state index is 6.35. The molecule has 0 bridgehead atoms. The summed E-state index contributed by atoms with van der Waals surface area (Å²) in [5.41, 5.74) is 0.854. The summed E-state index contributed by atoms with van der Waals surface area (Å²) < 4.78 is 2.99. The lowest BCUT2D eigenvalue weighted by Crippen LogP contribution is -2.34. The first-order chi connectivity index (χ1) is 11.6. The van der Waals surface area contributed by atoms with Crippen LogP contribution in [-0.2, 0) is 7.05 Å². The number of piperidine rings is 1. The largest absolute Gasteiger partial charge is 0.357 e. The number of pyridine rings is 1. The van der Waals surface area contributed by atoms with Crippen LogP contribution < -0.4 is 4.90 Å². The molecule has 0 unspecified atom stereocenters. The molecule has 5 nitrogen and oxygen atoms in total. The van der Waals surface area contributed by atoms with Crippen LogP contribution in [0.5, 0.6) is 0 Å². The minimum atomic E-state index is 0.466. The number of hydrogen-bond acceptors (Lipinski definition) is 4. The van der Waals surface area contributed by atoms with E-state index >= 15 is 0 Å². The Morgan fingerprint density at radius 2 is 2.00 bits per heavy atom. The van der Waals surface area contributed by atoms with Crippen molar-refractivity contribution in [3.05, 3.63) is 45.9 Å². The van der Waals surface area contributed by atoms with Crippen molar-refractivity contribution in [2.45, 2.75) is 18.8 Å². The van der Waals surface area contributed by atoms with E-state index in [1.807, 2.05) is 23.7 Å². The molecule has 24 heavy (non-hydrogen) atoms. The fraction of sp³-hybridized carbons (Fsp3) is 0.353. The van der Waals surface area contributed by atoms with Crippen LogP contribution in [0.4, 0.5) is 5.82 Å². The Balaban J connectivity index is 1.55. The number of halogens is 2. The molecule has 0 atom stereocenters. The molecule has 0 saturated carbocycles.